The minimum absolute atomic E-state index is 0.0840. The molecular weight excluding hydrogens is 376 g/mol. The fourth-order valence-corrected chi connectivity index (χ4v) is 3.69. The first-order chi connectivity index (χ1) is 14.8. The summed E-state index contributed by atoms with van der Waals surface area (Å²) in [5, 5.41) is 0. The predicted molar refractivity (Wildman–Crippen MR) is 113 cm³/mol. The smallest absolute Gasteiger partial charge is 0.255 e. The van der Waals surface area contributed by atoms with E-state index in [4.69, 9.17) is 0 Å². The normalized spacial score (nSPS) is 13.7. The van der Waals surface area contributed by atoms with Crippen molar-refractivity contribution in [2.75, 3.05) is 6.54 Å². The van der Waals surface area contributed by atoms with Crippen LogP contribution in [-0.2, 0) is 19.5 Å². The monoisotopic (exact) mass is 396 g/mol. The Morgan fingerprint density at radius 1 is 0.967 bits per heavy atom. The molecule has 4 heterocycles. The van der Waals surface area contributed by atoms with Gasteiger partial charge in [-0.1, -0.05) is 30.3 Å². The molecule has 0 saturated carbocycles. The highest BCUT2D eigenvalue weighted by Crippen LogP contribution is 2.20. The second-order valence-electron chi connectivity index (χ2n) is 7.32. The van der Waals surface area contributed by atoms with Gasteiger partial charge in [-0.25, -0.2) is 15.0 Å². The van der Waals surface area contributed by atoms with Crippen LogP contribution in [0.3, 0.4) is 0 Å². The third-order valence-electron chi connectivity index (χ3n) is 5.23. The standard InChI is InChI=1S/C23H20N6O/c30-23-19-15-29(10-8-20(19)27-22(28-23)18-7-4-9-24-13-18)14-16-11-25-21(26-12-16)17-5-2-1-3-6-17/h1-7,9,11-13H,8,10,14-15H2,(H,27,28,30). The van der Waals surface area contributed by atoms with Crippen molar-refractivity contribution in [1.82, 2.24) is 29.8 Å². The maximum Gasteiger partial charge on any atom is 0.255 e. The second kappa shape index (κ2) is 7.96. The number of hydrogen-bond donors (Lipinski definition) is 1. The third-order valence-corrected chi connectivity index (χ3v) is 5.23. The molecule has 1 aromatic carbocycles. The highest BCUT2D eigenvalue weighted by Gasteiger charge is 2.22. The van der Waals surface area contributed by atoms with Crippen molar-refractivity contribution in [1.29, 1.82) is 0 Å². The topological polar surface area (TPSA) is 87.7 Å². The molecule has 7 nitrogen and oxygen atoms in total. The molecule has 30 heavy (non-hydrogen) atoms. The number of H-pyrrole nitrogens is 1. The molecule has 0 saturated heterocycles. The molecule has 1 N–H and O–H groups in total. The molecular formula is C23H20N6O. The molecule has 0 fully saturated rings. The van der Waals surface area contributed by atoms with Gasteiger partial charge in [0.1, 0.15) is 5.82 Å². The Morgan fingerprint density at radius 3 is 2.53 bits per heavy atom. The second-order valence-corrected chi connectivity index (χ2v) is 7.32. The largest absolute Gasteiger partial charge is 0.306 e. The lowest BCUT2D eigenvalue weighted by Gasteiger charge is -2.27. The Labute approximate surface area is 173 Å². The average Bonchev–Trinajstić information content (AvgIpc) is 2.81. The first-order valence-corrected chi connectivity index (χ1v) is 9.87. The van der Waals surface area contributed by atoms with Crippen LogP contribution >= 0.6 is 0 Å². The lowest BCUT2D eigenvalue weighted by molar-refractivity contribution is 0.241. The number of rotatable bonds is 4. The van der Waals surface area contributed by atoms with Gasteiger partial charge in [0.05, 0.1) is 11.3 Å². The molecule has 5 rings (SSSR count). The molecule has 0 unspecified atom stereocenters. The van der Waals surface area contributed by atoms with Crippen molar-refractivity contribution in [3.05, 3.63) is 94.4 Å². The van der Waals surface area contributed by atoms with E-state index in [9.17, 15) is 4.79 Å². The Balaban J connectivity index is 1.32. The van der Waals surface area contributed by atoms with E-state index in [2.05, 4.69) is 29.8 Å². The molecule has 0 bridgehead atoms. The van der Waals surface area contributed by atoms with Crippen LogP contribution in [0.5, 0.6) is 0 Å². The van der Waals surface area contributed by atoms with Gasteiger partial charge in [0.15, 0.2) is 5.82 Å². The Kier molecular flexibility index (Phi) is 4.86. The molecule has 0 spiro atoms. The molecule has 0 aliphatic carbocycles. The van der Waals surface area contributed by atoms with Crippen LogP contribution in [0.15, 0.2) is 72.0 Å². The van der Waals surface area contributed by atoms with E-state index in [1.54, 1.807) is 12.4 Å². The number of aromatic amines is 1. The highest BCUT2D eigenvalue weighted by molar-refractivity contribution is 5.54. The van der Waals surface area contributed by atoms with Gasteiger partial charge in [0.25, 0.3) is 5.56 Å². The summed E-state index contributed by atoms with van der Waals surface area (Å²) in [7, 11) is 0. The first kappa shape index (κ1) is 18.3. The summed E-state index contributed by atoms with van der Waals surface area (Å²) in [5.74, 6) is 1.29. The average molecular weight is 396 g/mol. The molecule has 1 aliphatic heterocycles. The molecule has 7 heteroatoms. The van der Waals surface area contributed by atoms with E-state index < -0.39 is 0 Å². The Bertz CT molecular complexity index is 1210. The zero-order chi connectivity index (χ0) is 20.3. The minimum Gasteiger partial charge on any atom is -0.306 e. The van der Waals surface area contributed by atoms with Crippen LogP contribution in [0, 0.1) is 0 Å². The van der Waals surface area contributed by atoms with Gasteiger partial charge in [-0.3, -0.25) is 14.7 Å². The van der Waals surface area contributed by atoms with Crippen molar-refractivity contribution in [3.8, 4) is 22.8 Å². The van der Waals surface area contributed by atoms with Crippen molar-refractivity contribution in [2.24, 2.45) is 0 Å². The van der Waals surface area contributed by atoms with Crippen molar-refractivity contribution in [2.45, 2.75) is 19.5 Å². The van der Waals surface area contributed by atoms with Crippen LogP contribution in [0.2, 0.25) is 0 Å². The van der Waals surface area contributed by atoms with E-state index in [1.165, 1.54) is 0 Å². The lowest BCUT2D eigenvalue weighted by atomic mass is 10.1. The van der Waals surface area contributed by atoms with Gasteiger partial charge in [-0.15, -0.1) is 0 Å². The molecule has 1 aliphatic rings. The van der Waals surface area contributed by atoms with Crippen LogP contribution in [0.1, 0.15) is 16.8 Å². The minimum atomic E-state index is -0.0840. The summed E-state index contributed by atoms with van der Waals surface area (Å²) >= 11 is 0. The van der Waals surface area contributed by atoms with Crippen LogP contribution in [-0.4, -0.2) is 36.4 Å². The predicted octanol–water partition coefficient (Wildman–Crippen LogP) is 2.85. The zero-order valence-electron chi connectivity index (χ0n) is 16.3. The summed E-state index contributed by atoms with van der Waals surface area (Å²) < 4.78 is 0. The van der Waals surface area contributed by atoms with E-state index in [0.29, 0.717) is 24.7 Å². The number of pyridine rings is 1. The quantitative estimate of drug-likeness (QED) is 0.571. The Hall–Kier alpha value is -3.71. The van der Waals surface area contributed by atoms with Crippen molar-refractivity contribution < 1.29 is 0 Å². The number of hydrogen-bond acceptors (Lipinski definition) is 6. The molecule has 0 radical (unpaired) electrons. The number of aromatic nitrogens is 5. The van der Waals surface area contributed by atoms with Crippen molar-refractivity contribution in [3.63, 3.8) is 0 Å². The fraction of sp³-hybridized carbons (Fsp3) is 0.174. The van der Waals surface area contributed by atoms with Gasteiger partial charge in [0.2, 0.25) is 0 Å². The maximum absolute atomic E-state index is 12.7. The van der Waals surface area contributed by atoms with Gasteiger partial charge in [-0.05, 0) is 12.1 Å². The summed E-state index contributed by atoms with van der Waals surface area (Å²) in [6.45, 7) is 2.08. The lowest BCUT2D eigenvalue weighted by Crippen LogP contribution is -2.35. The van der Waals surface area contributed by atoms with Gasteiger partial charge >= 0.3 is 0 Å². The van der Waals surface area contributed by atoms with E-state index >= 15 is 0 Å². The summed E-state index contributed by atoms with van der Waals surface area (Å²) in [6, 6.07) is 13.6. The molecule has 0 atom stereocenters. The Morgan fingerprint density at radius 2 is 1.77 bits per heavy atom. The van der Waals surface area contributed by atoms with Gasteiger partial charge in [-0.2, -0.15) is 0 Å². The van der Waals surface area contributed by atoms with E-state index in [1.807, 2.05) is 54.9 Å². The summed E-state index contributed by atoms with van der Waals surface area (Å²) in [5.41, 5.74) is 4.35. The van der Waals surface area contributed by atoms with Gasteiger partial charge < -0.3 is 4.98 Å². The van der Waals surface area contributed by atoms with Gasteiger partial charge in [0, 0.05) is 67.5 Å². The van der Waals surface area contributed by atoms with E-state index in [-0.39, 0.29) is 5.56 Å². The number of nitrogens with zero attached hydrogens (tertiary/aromatic N) is 5. The van der Waals surface area contributed by atoms with Crippen molar-refractivity contribution >= 4 is 0 Å². The van der Waals surface area contributed by atoms with Crippen LogP contribution in [0.4, 0.5) is 0 Å². The van der Waals surface area contributed by atoms with Crippen LogP contribution in [0.25, 0.3) is 22.8 Å². The highest BCUT2D eigenvalue weighted by atomic mass is 16.1. The molecule has 0 amide bonds. The zero-order valence-corrected chi connectivity index (χ0v) is 16.3. The van der Waals surface area contributed by atoms with E-state index in [0.717, 1.165) is 40.9 Å². The fourth-order valence-electron chi connectivity index (χ4n) is 3.69. The SMILES string of the molecule is O=c1[nH]c(-c2cccnc2)nc2c1CN(Cc1cnc(-c3ccccc3)nc1)CC2. The number of benzene rings is 1. The third kappa shape index (κ3) is 3.75. The molecule has 3 aromatic heterocycles. The molecule has 4 aromatic rings. The first-order valence-electron chi connectivity index (χ1n) is 9.87. The summed E-state index contributed by atoms with van der Waals surface area (Å²) in [4.78, 5) is 35.6. The summed E-state index contributed by atoms with van der Waals surface area (Å²) in [6.07, 6.45) is 7.86. The molecule has 148 valence electrons. The number of fused-ring (bicyclic) bond motifs is 1. The van der Waals surface area contributed by atoms with Crippen LogP contribution < -0.4 is 5.56 Å². The maximum atomic E-state index is 12.7. The number of nitrogens with one attached hydrogen (secondary N) is 1.